The molecule has 2 atom stereocenters. The Morgan fingerprint density at radius 1 is 1.26 bits per heavy atom. The average molecular weight is 370 g/mol. The molecule has 2 aromatic rings. The molecular weight excluding hydrogens is 338 g/mol. The van der Waals surface area contributed by atoms with Crippen molar-refractivity contribution in [2.24, 2.45) is 7.05 Å². The van der Waals surface area contributed by atoms with E-state index in [1.807, 2.05) is 0 Å². The Bertz CT molecular complexity index is 794. The summed E-state index contributed by atoms with van der Waals surface area (Å²) in [4.78, 5) is 17.8. The second-order valence-corrected chi connectivity index (χ2v) is 7.90. The van der Waals surface area contributed by atoms with Gasteiger partial charge in [0, 0.05) is 37.5 Å². The molecule has 0 bridgehead atoms. The predicted octanol–water partition coefficient (Wildman–Crippen LogP) is 3.17. The summed E-state index contributed by atoms with van der Waals surface area (Å²) in [5.74, 6) is 0.167. The minimum Gasteiger partial charge on any atom is -0.368 e. The van der Waals surface area contributed by atoms with E-state index in [-0.39, 0.29) is 12.0 Å². The van der Waals surface area contributed by atoms with Crippen LogP contribution in [-0.4, -0.2) is 58.7 Å². The van der Waals surface area contributed by atoms with Gasteiger partial charge in [0.15, 0.2) is 0 Å². The second kappa shape index (κ2) is 8.03. The lowest BCUT2D eigenvalue weighted by atomic mass is 10.1. The van der Waals surface area contributed by atoms with E-state index in [2.05, 4.69) is 58.7 Å². The number of hydrogen-bond donors (Lipinski definition) is 0. The quantitative estimate of drug-likeness (QED) is 0.785. The van der Waals surface area contributed by atoms with Crippen LogP contribution in [0, 0.1) is 0 Å². The summed E-state index contributed by atoms with van der Waals surface area (Å²) in [6, 6.07) is 11.1. The lowest BCUT2D eigenvalue weighted by Gasteiger charge is -2.32. The van der Waals surface area contributed by atoms with Gasteiger partial charge in [-0.1, -0.05) is 25.1 Å². The van der Waals surface area contributed by atoms with Crippen molar-refractivity contribution in [1.82, 2.24) is 14.4 Å². The molecule has 1 aromatic heterocycles. The van der Waals surface area contributed by atoms with Gasteiger partial charge in [0.05, 0.1) is 6.54 Å². The first-order valence-corrected chi connectivity index (χ1v) is 10.3. The lowest BCUT2D eigenvalue weighted by molar-refractivity contribution is -0.142. The normalized spacial score (nSPS) is 23.3. The summed E-state index contributed by atoms with van der Waals surface area (Å²) < 4.78 is 7.95. The zero-order valence-corrected chi connectivity index (χ0v) is 16.6. The van der Waals surface area contributed by atoms with Crippen molar-refractivity contribution in [2.45, 2.75) is 51.3 Å². The van der Waals surface area contributed by atoms with Gasteiger partial charge < -0.3 is 14.2 Å². The summed E-state index contributed by atoms with van der Waals surface area (Å²) >= 11 is 0. The average Bonchev–Trinajstić information content (AvgIpc) is 3.42. The number of likely N-dealkylation sites (N-methyl/N-ethyl adjacent to an activating group) is 1. The number of carbonyl (C=O) groups is 1. The van der Waals surface area contributed by atoms with E-state index in [0.717, 1.165) is 32.5 Å². The van der Waals surface area contributed by atoms with E-state index in [1.54, 1.807) is 0 Å². The highest BCUT2D eigenvalue weighted by Gasteiger charge is 2.32. The van der Waals surface area contributed by atoms with E-state index in [1.165, 1.54) is 29.4 Å². The van der Waals surface area contributed by atoms with E-state index < -0.39 is 0 Å². The number of hydrogen-bond acceptors (Lipinski definition) is 3. The number of carbonyl (C=O) groups excluding carboxylic acids is 1. The van der Waals surface area contributed by atoms with Crippen molar-refractivity contribution in [3.05, 3.63) is 36.0 Å². The van der Waals surface area contributed by atoms with Crippen LogP contribution in [0.4, 0.5) is 0 Å². The number of para-hydroxylation sites is 1. The lowest BCUT2D eigenvalue weighted by Crippen LogP contribution is -2.46. The molecule has 0 radical (unpaired) electrons. The number of ether oxygens (including phenoxy) is 1. The van der Waals surface area contributed by atoms with Crippen LogP contribution in [0.15, 0.2) is 30.3 Å². The number of benzene rings is 1. The molecule has 5 nitrogen and oxygen atoms in total. The van der Waals surface area contributed by atoms with Gasteiger partial charge in [0.1, 0.15) is 6.10 Å². The van der Waals surface area contributed by atoms with Gasteiger partial charge in [0.2, 0.25) is 0 Å². The fraction of sp³-hybridized carbons (Fsp3) is 0.591. The SMILES string of the molecule is CCN1CCCC1CN(Cc1cc2ccccc2n1C)C(=O)C1CCCO1. The zero-order valence-electron chi connectivity index (χ0n) is 16.6. The van der Waals surface area contributed by atoms with Crippen LogP contribution in [0.25, 0.3) is 10.9 Å². The third-order valence-corrected chi connectivity index (χ3v) is 6.26. The third-order valence-electron chi connectivity index (χ3n) is 6.26. The molecule has 2 aliphatic rings. The summed E-state index contributed by atoms with van der Waals surface area (Å²) in [7, 11) is 2.10. The first-order chi connectivity index (χ1) is 13.2. The van der Waals surface area contributed by atoms with E-state index >= 15 is 0 Å². The molecule has 0 saturated carbocycles. The highest BCUT2D eigenvalue weighted by molar-refractivity contribution is 5.83. The van der Waals surface area contributed by atoms with Crippen molar-refractivity contribution < 1.29 is 9.53 Å². The molecular formula is C22H31N3O2. The number of fused-ring (bicyclic) bond motifs is 1. The fourth-order valence-electron chi connectivity index (χ4n) is 4.67. The van der Waals surface area contributed by atoms with Crippen LogP contribution in [0.5, 0.6) is 0 Å². The van der Waals surface area contributed by atoms with Gasteiger partial charge >= 0.3 is 0 Å². The molecule has 0 aliphatic carbocycles. The number of likely N-dealkylation sites (tertiary alicyclic amines) is 1. The molecule has 1 aromatic carbocycles. The molecule has 146 valence electrons. The first-order valence-electron chi connectivity index (χ1n) is 10.3. The largest absolute Gasteiger partial charge is 0.368 e. The maximum atomic E-state index is 13.2. The Labute approximate surface area is 161 Å². The van der Waals surface area contributed by atoms with Crippen LogP contribution < -0.4 is 0 Å². The second-order valence-electron chi connectivity index (χ2n) is 7.90. The standard InChI is InChI=1S/C22H31N3O2/c1-3-24-12-6-9-18(24)15-25(22(26)21-11-7-13-27-21)16-19-14-17-8-4-5-10-20(17)23(19)2/h4-5,8,10,14,18,21H,3,6-7,9,11-13,15-16H2,1-2H3. The van der Waals surface area contributed by atoms with Crippen LogP contribution in [-0.2, 0) is 23.1 Å². The maximum absolute atomic E-state index is 13.2. The minimum atomic E-state index is -0.254. The van der Waals surface area contributed by atoms with Crippen LogP contribution in [0.1, 0.15) is 38.3 Å². The fourth-order valence-corrected chi connectivity index (χ4v) is 4.67. The van der Waals surface area contributed by atoms with E-state index in [9.17, 15) is 4.79 Å². The topological polar surface area (TPSA) is 37.7 Å². The molecule has 0 N–H and O–H groups in total. The third kappa shape index (κ3) is 3.76. The summed E-state index contributed by atoms with van der Waals surface area (Å²) in [6.45, 7) is 6.58. The van der Waals surface area contributed by atoms with Crippen molar-refractivity contribution in [3.8, 4) is 0 Å². The highest BCUT2D eigenvalue weighted by Crippen LogP contribution is 2.24. The molecule has 2 unspecified atom stereocenters. The molecule has 4 rings (SSSR count). The highest BCUT2D eigenvalue weighted by atomic mass is 16.5. The predicted molar refractivity (Wildman–Crippen MR) is 108 cm³/mol. The summed E-state index contributed by atoms with van der Waals surface area (Å²) in [5, 5.41) is 1.23. The van der Waals surface area contributed by atoms with Crippen molar-refractivity contribution in [2.75, 3.05) is 26.2 Å². The van der Waals surface area contributed by atoms with Crippen LogP contribution >= 0.6 is 0 Å². The Morgan fingerprint density at radius 3 is 2.85 bits per heavy atom. The Hall–Kier alpha value is -1.85. The molecule has 2 saturated heterocycles. The molecule has 27 heavy (non-hydrogen) atoms. The molecule has 2 aliphatic heterocycles. The van der Waals surface area contributed by atoms with Gasteiger partial charge in [-0.05, 0) is 56.3 Å². The van der Waals surface area contributed by atoms with Crippen molar-refractivity contribution in [1.29, 1.82) is 0 Å². The molecule has 1 amide bonds. The molecule has 5 heteroatoms. The van der Waals surface area contributed by atoms with Gasteiger partial charge in [0.25, 0.3) is 5.91 Å². The Morgan fingerprint density at radius 2 is 2.11 bits per heavy atom. The van der Waals surface area contributed by atoms with Gasteiger partial charge in [-0.3, -0.25) is 9.69 Å². The Balaban J connectivity index is 1.58. The molecule has 2 fully saturated rings. The van der Waals surface area contributed by atoms with Gasteiger partial charge in [-0.25, -0.2) is 0 Å². The van der Waals surface area contributed by atoms with Crippen LogP contribution in [0.2, 0.25) is 0 Å². The van der Waals surface area contributed by atoms with E-state index in [4.69, 9.17) is 4.74 Å². The van der Waals surface area contributed by atoms with Crippen molar-refractivity contribution in [3.63, 3.8) is 0 Å². The zero-order chi connectivity index (χ0) is 18.8. The molecule has 3 heterocycles. The van der Waals surface area contributed by atoms with Gasteiger partial charge in [-0.15, -0.1) is 0 Å². The number of rotatable bonds is 6. The van der Waals surface area contributed by atoms with Crippen LogP contribution in [0.3, 0.4) is 0 Å². The summed E-state index contributed by atoms with van der Waals surface area (Å²) in [6.07, 6.45) is 4.00. The number of aryl methyl sites for hydroxylation is 1. The monoisotopic (exact) mass is 369 g/mol. The maximum Gasteiger partial charge on any atom is 0.252 e. The minimum absolute atomic E-state index is 0.167. The molecule has 0 spiro atoms. The smallest absolute Gasteiger partial charge is 0.252 e. The van der Waals surface area contributed by atoms with E-state index in [0.29, 0.717) is 19.2 Å². The number of nitrogens with zero attached hydrogens (tertiary/aromatic N) is 3. The Kier molecular flexibility index (Phi) is 5.50. The summed E-state index contributed by atoms with van der Waals surface area (Å²) in [5.41, 5.74) is 2.40. The number of amides is 1. The number of aromatic nitrogens is 1. The first kappa shape index (κ1) is 18.5. The van der Waals surface area contributed by atoms with Gasteiger partial charge in [-0.2, -0.15) is 0 Å². The van der Waals surface area contributed by atoms with Crippen molar-refractivity contribution >= 4 is 16.8 Å².